The van der Waals surface area contributed by atoms with Crippen molar-refractivity contribution in [1.29, 1.82) is 5.26 Å². The minimum atomic E-state index is -3.29. The summed E-state index contributed by atoms with van der Waals surface area (Å²) >= 11 is 2.62. The molecule has 1 amide bonds. The fourth-order valence-corrected chi connectivity index (χ4v) is 12.9. The summed E-state index contributed by atoms with van der Waals surface area (Å²) < 4.78 is 12.1. The van der Waals surface area contributed by atoms with Gasteiger partial charge >= 0.3 is 5.97 Å². The predicted molar refractivity (Wildman–Crippen MR) is 209 cm³/mol. The molecule has 5 aromatic rings. The first-order valence-electron chi connectivity index (χ1n) is 17.0. The van der Waals surface area contributed by atoms with Gasteiger partial charge in [-0.3, -0.25) is 4.79 Å². The van der Waals surface area contributed by atoms with Crippen LogP contribution in [0.1, 0.15) is 18.9 Å². The molecule has 0 bridgehead atoms. The summed E-state index contributed by atoms with van der Waals surface area (Å²) in [4.78, 5) is 31.3. The summed E-state index contributed by atoms with van der Waals surface area (Å²) in [5.74, 6) is -2.24. The Balaban J connectivity index is 1.62. The molecular formula is C40H39N4O6PS2. The van der Waals surface area contributed by atoms with E-state index in [9.17, 15) is 20.3 Å². The summed E-state index contributed by atoms with van der Waals surface area (Å²) in [5, 5.41) is 43.4. The molecule has 13 heteroatoms. The molecule has 272 valence electrons. The van der Waals surface area contributed by atoms with Gasteiger partial charge in [0.05, 0.1) is 37.3 Å². The number of aromatic nitrogens is 2. The Hall–Kier alpha value is -4.76. The minimum absolute atomic E-state index is 0.0973. The summed E-state index contributed by atoms with van der Waals surface area (Å²) in [6.45, 7) is -1.87. The van der Waals surface area contributed by atoms with Gasteiger partial charge in [-0.25, -0.2) is 4.79 Å². The highest BCUT2D eigenvalue weighted by Gasteiger charge is 2.58. The van der Waals surface area contributed by atoms with Gasteiger partial charge < -0.3 is 24.6 Å². The number of nitriles is 1. The summed E-state index contributed by atoms with van der Waals surface area (Å²) in [6, 6.07) is 37.2. The quantitative estimate of drug-likeness (QED) is 0.0671. The number of β-lactam (4-membered cyclic amide) rings is 1. The number of nitrogens with zero attached hydrogens (tertiary/aromatic N) is 4. The molecule has 1 aliphatic heterocycles. The van der Waals surface area contributed by atoms with Crippen molar-refractivity contribution in [3.8, 4) is 11.8 Å². The van der Waals surface area contributed by atoms with Crippen LogP contribution in [0.5, 0.6) is 5.75 Å². The number of methoxy groups -OCH3 is 1. The Morgan fingerprint density at radius 1 is 0.943 bits per heavy atom. The smallest absolute Gasteiger partial charge is 0.356 e. The van der Waals surface area contributed by atoms with Crippen LogP contribution in [0.2, 0.25) is 0 Å². The highest BCUT2D eigenvalue weighted by Crippen LogP contribution is 2.51. The summed E-state index contributed by atoms with van der Waals surface area (Å²) in [5.41, 5.74) is 2.41. The third kappa shape index (κ3) is 7.81. The summed E-state index contributed by atoms with van der Waals surface area (Å²) in [6.07, 6.45) is -2.39. The number of ether oxygens (including phenoxy) is 2. The lowest BCUT2D eigenvalue weighted by molar-refractivity contribution is -0.163. The van der Waals surface area contributed by atoms with Crippen LogP contribution in [-0.2, 0) is 20.9 Å². The van der Waals surface area contributed by atoms with E-state index in [-0.39, 0.29) is 24.2 Å². The Morgan fingerprint density at radius 3 is 1.98 bits per heavy atom. The second-order valence-corrected chi connectivity index (χ2v) is 17.9. The molecule has 1 aliphatic rings. The Labute approximate surface area is 317 Å². The van der Waals surface area contributed by atoms with Crippen LogP contribution in [-0.4, -0.2) is 73.7 Å². The SMILES string of the molecule is COc1ccc(COC(=O)C(N2C(=O)[C@H]([C@@H](C)O)[C@H]2[C@@H](CC#N)[C@@H](O)CSc2nncs2)=P(c2ccccc2)(c2ccccc2)c2ccccc2)cc1. The standard InChI is InChI=1S/C40H39N4O6PS2/c1-27(45)35-36(33(22-23-41)34(46)25-52-40-43-42-26-53-40)44(37(35)47)38(39(48)50-24-28-18-20-29(49-2)21-19-28)51(30-12-6-3-7-13-30,31-14-8-4-9-15-31)32-16-10-5-11-17-32/h3-21,26-27,33-36,45-46H,22,24-25H2,1-2H3/t27-,33+,34+,35-,36-/m1/s1. The molecule has 1 saturated heterocycles. The van der Waals surface area contributed by atoms with Crippen molar-refractivity contribution >= 4 is 63.2 Å². The largest absolute Gasteiger partial charge is 0.497 e. The van der Waals surface area contributed by atoms with Gasteiger partial charge in [0.2, 0.25) is 5.91 Å². The van der Waals surface area contributed by atoms with Gasteiger partial charge in [0.15, 0.2) is 4.34 Å². The van der Waals surface area contributed by atoms with Crippen molar-refractivity contribution in [3.63, 3.8) is 0 Å². The lowest BCUT2D eigenvalue weighted by Gasteiger charge is -2.54. The Bertz CT molecular complexity index is 1980. The summed E-state index contributed by atoms with van der Waals surface area (Å²) in [7, 11) is 1.57. The van der Waals surface area contributed by atoms with Gasteiger partial charge in [0, 0.05) is 25.0 Å². The third-order valence-electron chi connectivity index (χ3n) is 9.37. The second kappa shape index (κ2) is 17.4. The van der Waals surface area contributed by atoms with E-state index in [4.69, 9.17) is 9.47 Å². The molecule has 1 aromatic heterocycles. The fourth-order valence-electron chi connectivity index (χ4n) is 6.92. The van der Waals surface area contributed by atoms with Crippen molar-refractivity contribution in [3.05, 3.63) is 126 Å². The number of thioether (sulfide) groups is 1. The fraction of sp³-hybridized carbons (Fsp3) is 0.250. The van der Waals surface area contributed by atoms with Gasteiger partial charge in [-0.1, -0.05) is 126 Å². The molecule has 0 unspecified atom stereocenters. The van der Waals surface area contributed by atoms with Crippen molar-refractivity contribution in [2.24, 2.45) is 11.8 Å². The topological polar surface area (TPSA) is 146 Å². The predicted octanol–water partition coefficient (Wildman–Crippen LogP) is 4.60. The van der Waals surface area contributed by atoms with Crippen LogP contribution >= 0.6 is 30.0 Å². The number of hydrogen-bond acceptors (Lipinski definition) is 11. The molecular weight excluding hydrogens is 728 g/mol. The molecule has 0 aliphatic carbocycles. The van der Waals surface area contributed by atoms with Crippen LogP contribution in [0.15, 0.2) is 125 Å². The highest BCUT2D eigenvalue weighted by molar-refractivity contribution is 8.01. The maximum Gasteiger partial charge on any atom is 0.356 e. The molecule has 2 N–H and O–H groups in total. The molecule has 0 spiro atoms. The third-order valence-corrected chi connectivity index (χ3v) is 15.6. The number of amides is 1. The van der Waals surface area contributed by atoms with Crippen LogP contribution in [0.3, 0.4) is 0 Å². The van der Waals surface area contributed by atoms with Crippen molar-refractivity contribution in [2.75, 3.05) is 12.9 Å². The molecule has 0 saturated carbocycles. The normalized spacial score (nSPS) is 17.2. The molecule has 4 aromatic carbocycles. The van der Waals surface area contributed by atoms with E-state index in [0.717, 1.165) is 15.9 Å². The number of carbonyl (C=O) groups is 2. The highest BCUT2D eigenvalue weighted by atomic mass is 32.2. The van der Waals surface area contributed by atoms with Gasteiger partial charge in [-0.15, -0.1) is 10.2 Å². The maximum absolute atomic E-state index is 15.2. The first-order valence-corrected chi connectivity index (χ1v) is 20.6. The molecule has 0 radical (unpaired) electrons. The van der Waals surface area contributed by atoms with E-state index in [0.29, 0.717) is 15.7 Å². The number of hydrogen-bond donors (Lipinski definition) is 2. The second-order valence-electron chi connectivity index (χ2n) is 12.5. The number of benzene rings is 4. The Morgan fingerprint density at radius 2 is 1.51 bits per heavy atom. The number of esters is 1. The zero-order chi connectivity index (χ0) is 37.4. The van der Waals surface area contributed by atoms with Gasteiger partial charge in [-0.05, 0) is 40.5 Å². The van der Waals surface area contributed by atoms with Crippen molar-refractivity contribution in [1.82, 2.24) is 15.1 Å². The van der Waals surface area contributed by atoms with Gasteiger partial charge in [-0.2, -0.15) is 5.26 Å². The number of carbonyl (C=O) groups excluding carboxylic acids is 2. The maximum atomic E-state index is 15.2. The lowest BCUT2D eigenvalue weighted by Crippen LogP contribution is -2.71. The van der Waals surface area contributed by atoms with Gasteiger partial charge in [0.25, 0.3) is 0 Å². The molecule has 2 heterocycles. The number of aliphatic hydroxyl groups is 2. The van der Waals surface area contributed by atoms with E-state index in [1.54, 1.807) is 36.9 Å². The van der Waals surface area contributed by atoms with E-state index < -0.39 is 48.8 Å². The molecule has 53 heavy (non-hydrogen) atoms. The zero-order valence-corrected chi connectivity index (χ0v) is 31.7. The van der Waals surface area contributed by atoms with E-state index in [1.165, 1.54) is 34.9 Å². The van der Waals surface area contributed by atoms with Crippen LogP contribution in [0, 0.1) is 23.2 Å². The number of likely N-dealkylation sites (tertiary alicyclic amines) is 1. The number of aliphatic hydroxyl groups excluding tert-OH is 2. The molecule has 10 nitrogen and oxygen atoms in total. The minimum Gasteiger partial charge on any atom is -0.497 e. The van der Waals surface area contributed by atoms with Crippen molar-refractivity contribution in [2.45, 2.75) is 42.5 Å². The molecule has 6 rings (SSSR count). The first kappa shape index (κ1) is 38.0. The average Bonchev–Trinajstić information content (AvgIpc) is 3.72. The average molecular weight is 767 g/mol. The van der Waals surface area contributed by atoms with E-state index in [2.05, 4.69) is 16.3 Å². The van der Waals surface area contributed by atoms with Gasteiger partial charge in [0.1, 0.15) is 23.3 Å². The lowest BCUT2D eigenvalue weighted by atomic mass is 9.73. The first-order chi connectivity index (χ1) is 25.8. The van der Waals surface area contributed by atoms with E-state index in [1.807, 2.05) is 91.0 Å². The molecule has 5 atom stereocenters. The zero-order valence-electron chi connectivity index (χ0n) is 29.1. The number of rotatable bonds is 15. The van der Waals surface area contributed by atoms with Crippen LogP contribution < -0.4 is 20.7 Å². The Kier molecular flexibility index (Phi) is 12.5. The van der Waals surface area contributed by atoms with E-state index >= 15 is 4.79 Å². The van der Waals surface area contributed by atoms with Crippen LogP contribution in [0.25, 0.3) is 0 Å². The van der Waals surface area contributed by atoms with Crippen molar-refractivity contribution < 1.29 is 29.3 Å². The van der Waals surface area contributed by atoms with Crippen LogP contribution in [0.4, 0.5) is 0 Å². The molecule has 1 fully saturated rings. The monoisotopic (exact) mass is 766 g/mol.